The van der Waals surface area contributed by atoms with Gasteiger partial charge in [-0.2, -0.15) is 4.58 Å². The molecule has 0 radical (unpaired) electrons. The van der Waals surface area contributed by atoms with Gasteiger partial charge in [0.25, 0.3) is 13.5 Å². The lowest BCUT2D eigenvalue weighted by Crippen LogP contribution is -2.24. The monoisotopic (exact) mass is 578 g/mol. The fourth-order valence-electron chi connectivity index (χ4n) is 5.06. The van der Waals surface area contributed by atoms with Crippen molar-refractivity contribution in [3.63, 3.8) is 0 Å². The van der Waals surface area contributed by atoms with Crippen molar-refractivity contribution in [3.05, 3.63) is 181 Å². The van der Waals surface area contributed by atoms with Gasteiger partial charge in [-0.25, -0.2) is 0 Å². The van der Waals surface area contributed by atoms with Crippen LogP contribution in [0.2, 0.25) is 0 Å². The van der Waals surface area contributed by atoms with Crippen LogP contribution in [0.5, 0.6) is 0 Å². The third-order valence-electron chi connectivity index (χ3n) is 7.31. The SMILES string of the molecule is C1=C(c2ccccc2)OC[N+](c2ccccc2)=C1c1ccccc1.COC1=[N+](c2ccccc2)COC(c2ccccc2)=C1. The van der Waals surface area contributed by atoms with Gasteiger partial charge in [0.2, 0.25) is 17.1 Å². The van der Waals surface area contributed by atoms with Gasteiger partial charge in [-0.05, 0) is 12.1 Å². The highest BCUT2D eigenvalue weighted by atomic mass is 16.5. The first-order valence-corrected chi connectivity index (χ1v) is 14.6. The van der Waals surface area contributed by atoms with Crippen LogP contribution in [0.1, 0.15) is 16.7 Å². The average molecular weight is 579 g/mol. The van der Waals surface area contributed by atoms with Gasteiger partial charge in [-0.1, -0.05) is 115 Å². The summed E-state index contributed by atoms with van der Waals surface area (Å²) in [6.45, 7) is 0.933. The van der Waals surface area contributed by atoms with Crippen molar-refractivity contribution in [2.45, 2.75) is 0 Å². The molecule has 0 spiro atoms. The maximum Gasteiger partial charge on any atom is 0.374 e. The molecule has 0 unspecified atom stereocenters. The molecule has 5 heteroatoms. The molecule has 2 heterocycles. The predicted octanol–water partition coefficient (Wildman–Crippen LogP) is 8.25. The highest BCUT2D eigenvalue weighted by Gasteiger charge is 2.26. The van der Waals surface area contributed by atoms with Gasteiger partial charge in [-0.15, -0.1) is 4.58 Å². The van der Waals surface area contributed by atoms with Gasteiger partial charge < -0.3 is 14.2 Å². The average Bonchev–Trinajstić information content (AvgIpc) is 3.13. The molecule has 7 rings (SSSR count). The van der Waals surface area contributed by atoms with Gasteiger partial charge in [0.15, 0.2) is 0 Å². The molecule has 0 atom stereocenters. The normalized spacial score (nSPS) is 14.3. The van der Waals surface area contributed by atoms with Crippen molar-refractivity contribution < 1.29 is 23.4 Å². The van der Waals surface area contributed by atoms with Gasteiger partial charge >= 0.3 is 5.90 Å². The van der Waals surface area contributed by atoms with Crippen molar-refractivity contribution >= 4 is 34.5 Å². The van der Waals surface area contributed by atoms with Gasteiger partial charge in [0, 0.05) is 41.0 Å². The topological polar surface area (TPSA) is 33.7 Å². The second-order valence-corrected chi connectivity index (χ2v) is 10.1. The molecule has 0 saturated carbocycles. The largest absolute Gasteiger partial charge is 0.448 e. The Morgan fingerprint density at radius 2 is 0.841 bits per heavy atom. The number of ether oxygens (including phenoxy) is 3. The zero-order valence-electron chi connectivity index (χ0n) is 24.6. The fourth-order valence-corrected chi connectivity index (χ4v) is 5.06. The van der Waals surface area contributed by atoms with E-state index in [0.717, 1.165) is 45.6 Å². The quantitative estimate of drug-likeness (QED) is 0.197. The molecule has 0 aliphatic carbocycles. The molecule has 2 aliphatic rings. The summed E-state index contributed by atoms with van der Waals surface area (Å²) >= 11 is 0. The summed E-state index contributed by atoms with van der Waals surface area (Å²) in [6, 6.07) is 51.1. The van der Waals surface area contributed by atoms with Crippen LogP contribution < -0.4 is 0 Å². The van der Waals surface area contributed by atoms with E-state index in [-0.39, 0.29) is 0 Å². The first-order chi connectivity index (χ1) is 21.8. The van der Waals surface area contributed by atoms with Gasteiger partial charge in [-0.3, -0.25) is 0 Å². The van der Waals surface area contributed by atoms with Gasteiger partial charge in [0.1, 0.15) is 11.5 Å². The summed E-state index contributed by atoms with van der Waals surface area (Å²) in [5, 5.41) is 0. The third-order valence-corrected chi connectivity index (χ3v) is 7.31. The van der Waals surface area contributed by atoms with E-state index in [0.29, 0.717) is 13.5 Å². The minimum atomic E-state index is 0.438. The van der Waals surface area contributed by atoms with Crippen LogP contribution >= 0.6 is 0 Å². The van der Waals surface area contributed by atoms with Crippen LogP contribution in [0.25, 0.3) is 11.5 Å². The van der Waals surface area contributed by atoms with Crippen molar-refractivity contribution in [3.8, 4) is 0 Å². The number of hydrogen-bond donors (Lipinski definition) is 0. The first kappa shape index (κ1) is 28.4. The van der Waals surface area contributed by atoms with Crippen LogP contribution in [-0.4, -0.2) is 41.3 Å². The van der Waals surface area contributed by atoms with Crippen molar-refractivity contribution in [1.29, 1.82) is 0 Å². The van der Waals surface area contributed by atoms with E-state index in [4.69, 9.17) is 14.2 Å². The summed E-state index contributed by atoms with van der Waals surface area (Å²) in [7, 11) is 1.68. The molecule has 0 N–H and O–H groups in total. The molecule has 0 aromatic heterocycles. The molecule has 0 fully saturated rings. The van der Waals surface area contributed by atoms with E-state index < -0.39 is 0 Å². The van der Waals surface area contributed by atoms with Crippen LogP contribution in [0.15, 0.2) is 164 Å². The van der Waals surface area contributed by atoms with E-state index in [1.807, 2.05) is 114 Å². The second kappa shape index (κ2) is 14.0. The maximum absolute atomic E-state index is 6.05. The number of allylic oxidation sites excluding steroid dienone is 1. The molecular formula is C39H34N2O3+2. The van der Waals surface area contributed by atoms with E-state index >= 15 is 0 Å². The number of para-hydroxylation sites is 2. The number of hydrogen-bond acceptors (Lipinski definition) is 3. The number of rotatable bonds is 5. The van der Waals surface area contributed by atoms with E-state index in [9.17, 15) is 0 Å². The number of nitrogens with zero attached hydrogens (tertiary/aromatic N) is 2. The van der Waals surface area contributed by atoms with Crippen LogP contribution in [0.4, 0.5) is 11.4 Å². The minimum Gasteiger partial charge on any atom is -0.448 e. The smallest absolute Gasteiger partial charge is 0.374 e. The Morgan fingerprint density at radius 1 is 0.455 bits per heavy atom. The Morgan fingerprint density at radius 3 is 1.32 bits per heavy atom. The van der Waals surface area contributed by atoms with Crippen LogP contribution in [0, 0.1) is 0 Å². The molecular weight excluding hydrogens is 544 g/mol. The lowest BCUT2D eigenvalue weighted by Gasteiger charge is -2.17. The van der Waals surface area contributed by atoms with Crippen LogP contribution in [0.3, 0.4) is 0 Å². The summed E-state index contributed by atoms with van der Waals surface area (Å²) < 4.78 is 21.6. The molecule has 0 amide bonds. The molecule has 44 heavy (non-hydrogen) atoms. The fraction of sp³-hybridized carbons (Fsp3) is 0.0769. The molecule has 5 aromatic carbocycles. The van der Waals surface area contributed by atoms with E-state index in [1.54, 1.807) is 7.11 Å². The molecule has 216 valence electrons. The lowest BCUT2D eigenvalue weighted by molar-refractivity contribution is -0.492. The van der Waals surface area contributed by atoms with Gasteiger partial charge in [0.05, 0.1) is 19.3 Å². The minimum absolute atomic E-state index is 0.438. The summed E-state index contributed by atoms with van der Waals surface area (Å²) in [5.41, 5.74) is 6.64. The zero-order valence-corrected chi connectivity index (χ0v) is 24.6. The third kappa shape index (κ3) is 6.69. The standard InChI is InChI=1S/C22H18NO.C17H16NO2/c1-4-10-18(11-5-1)21-16-22(19-12-6-2-7-13-19)24-17-23(21)20-14-8-3-9-15-20;1-19-17-12-16(14-8-4-2-5-9-14)20-13-18(17)15-10-6-3-7-11-15/h1-16H,17H2;2-12H,13H2,1H3/q2*+1. The molecule has 5 nitrogen and oxygen atoms in total. The zero-order chi connectivity index (χ0) is 30.0. The lowest BCUT2D eigenvalue weighted by atomic mass is 10.1. The number of benzene rings is 5. The summed E-state index contributed by atoms with van der Waals surface area (Å²) in [4.78, 5) is 0. The highest BCUT2D eigenvalue weighted by molar-refractivity contribution is 6.09. The van der Waals surface area contributed by atoms with Crippen molar-refractivity contribution in [2.24, 2.45) is 0 Å². The first-order valence-electron chi connectivity index (χ1n) is 14.6. The Labute approximate surface area is 258 Å². The van der Waals surface area contributed by atoms with Crippen molar-refractivity contribution in [2.75, 3.05) is 20.6 Å². The Hall–Kier alpha value is -5.68. The Bertz CT molecular complexity index is 1800. The van der Waals surface area contributed by atoms with Crippen LogP contribution in [-0.2, 0) is 14.2 Å². The highest BCUT2D eigenvalue weighted by Crippen LogP contribution is 2.25. The van der Waals surface area contributed by atoms with E-state index in [2.05, 4.69) is 59.2 Å². The number of methoxy groups -OCH3 is 1. The summed E-state index contributed by atoms with van der Waals surface area (Å²) in [6.07, 6.45) is 4.05. The van der Waals surface area contributed by atoms with E-state index in [1.165, 1.54) is 5.56 Å². The molecule has 0 bridgehead atoms. The molecule has 5 aromatic rings. The molecule has 2 aliphatic heterocycles. The Kier molecular flexibility index (Phi) is 9.04. The molecule has 0 saturated heterocycles. The maximum atomic E-state index is 6.05. The van der Waals surface area contributed by atoms with Crippen molar-refractivity contribution in [1.82, 2.24) is 0 Å². The Balaban J connectivity index is 0.000000159. The summed E-state index contributed by atoms with van der Waals surface area (Å²) in [5.74, 6) is 2.51. The predicted molar refractivity (Wildman–Crippen MR) is 176 cm³/mol. The second-order valence-electron chi connectivity index (χ2n) is 10.1.